The van der Waals surface area contributed by atoms with E-state index in [1.165, 1.54) is 18.9 Å². The topological polar surface area (TPSA) is 38.0 Å². The van der Waals surface area contributed by atoms with Crippen LogP contribution in [-0.4, -0.2) is 6.04 Å². The second-order valence-corrected chi connectivity index (χ2v) is 6.34. The van der Waals surface area contributed by atoms with Crippen LogP contribution in [0.25, 0.3) is 0 Å². The molecule has 1 aliphatic carbocycles. The molecule has 1 aliphatic rings. The van der Waals surface area contributed by atoms with E-state index in [1.54, 1.807) is 6.07 Å². The molecule has 0 saturated heterocycles. The molecule has 0 spiro atoms. The average molecular weight is 271 g/mol. The molecule has 0 bridgehead atoms. The molecular formula is C14H20ClFN2. The van der Waals surface area contributed by atoms with Crippen LogP contribution in [0.4, 0.5) is 15.8 Å². The van der Waals surface area contributed by atoms with E-state index in [4.69, 9.17) is 17.3 Å². The summed E-state index contributed by atoms with van der Waals surface area (Å²) in [6, 6.07) is 3.26. The molecule has 2 nitrogen and oxygen atoms in total. The standard InChI is InChI=1S/C14H20ClFN2/c1-14(2)5-3-9(4-6-14)18-13-7-10(15)11(16)8-12(13)17/h7-9,18H,3-6,17H2,1-2H3. The van der Waals surface area contributed by atoms with Crippen molar-refractivity contribution in [3.8, 4) is 0 Å². The minimum atomic E-state index is -0.468. The third kappa shape index (κ3) is 3.08. The van der Waals surface area contributed by atoms with Crippen molar-refractivity contribution in [2.75, 3.05) is 11.1 Å². The number of nitrogens with two attached hydrogens (primary N) is 1. The van der Waals surface area contributed by atoms with Crippen molar-refractivity contribution < 1.29 is 4.39 Å². The van der Waals surface area contributed by atoms with Gasteiger partial charge in [-0.1, -0.05) is 25.4 Å². The lowest BCUT2D eigenvalue weighted by Crippen LogP contribution is -2.30. The van der Waals surface area contributed by atoms with Crippen molar-refractivity contribution in [1.29, 1.82) is 0 Å². The molecule has 0 heterocycles. The van der Waals surface area contributed by atoms with Crippen LogP contribution in [0.3, 0.4) is 0 Å². The summed E-state index contributed by atoms with van der Waals surface area (Å²) in [5.41, 5.74) is 7.39. The van der Waals surface area contributed by atoms with Gasteiger partial charge in [-0.3, -0.25) is 0 Å². The Hall–Kier alpha value is -0.960. The van der Waals surface area contributed by atoms with Crippen LogP contribution in [0, 0.1) is 11.2 Å². The Kier molecular flexibility index (Phi) is 3.71. The number of rotatable bonds is 2. The molecule has 4 heteroatoms. The zero-order valence-electron chi connectivity index (χ0n) is 10.9. The third-order valence-corrected chi connectivity index (χ3v) is 4.08. The molecular weight excluding hydrogens is 251 g/mol. The predicted octanol–water partition coefficient (Wildman–Crippen LogP) is 4.44. The first-order valence-electron chi connectivity index (χ1n) is 6.38. The van der Waals surface area contributed by atoms with Gasteiger partial charge in [-0.25, -0.2) is 4.39 Å². The van der Waals surface area contributed by atoms with Gasteiger partial charge >= 0.3 is 0 Å². The first-order chi connectivity index (χ1) is 8.37. The van der Waals surface area contributed by atoms with Crippen LogP contribution in [0.2, 0.25) is 5.02 Å². The van der Waals surface area contributed by atoms with Crippen LogP contribution in [0.5, 0.6) is 0 Å². The average Bonchev–Trinajstić information content (AvgIpc) is 2.28. The minimum absolute atomic E-state index is 0.114. The van der Waals surface area contributed by atoms with Gasteiger partial charge in [-0.2, -0.15) is 0 Å². The highest BCUT2D eigenvalue weighted by Crippen LogP contribution is 2.37. The Labute approximate surface area is 113 Å². The lowest BCUT2D eigenvalue weighted by Gasteiger charge is -2.35. The number of nitrogen functional groups attached to an aromatic ring is 1. The van der Waals surface area contributed by atoms with Crippen LogP contribution in [0.15, 0.2) is 12.1 Å². The van der Waals surface area contributed by atoms with E-state index < -0.39 is 5.82 Å². The number of benzene rings is 1. The number of hydrogen-bond acceptors (Lipinski definition) is 2. The van der Waals surface area contributed by atoms with Gasteiger partial charge in [0.15, 0.2) is 0 Å². The second-order valence-electron chi connectivity index (χ2n) is 5.94. The second kappa shape index (κ2) is 4.96. The van der Waals surface area contributed by atoms with Crippen LogP contribution in [-0.2, 0) is 0 Å². The first kappa shape index (κ1) is 13.5. The van der Waals surface area contributed by atoms with Gasteiger partial charge in [0.1, 0.15) is 5.82 Å². The zero-order chi connectivity index (χ0) is 13.3. The van der Waals surface area contributed by atoms with E-state index in [-0.39, 0.29) is 5.02 Å². The van der Waals surface area contributed by atoms with Crippen molar-refractivity contribution in [3.63, 3.8) is 0 Å². The molecule has 1 saturated carbocycles. The van der Waals surface area contributed by atoms with Gasteiger partial charge in [-0.15, -0.1) is 0 Å². The predicted molar refractivity (Wildman–Crippen MR) is 75.5 cm³/mol. The fraction of sp³-hybridized carbons (Fsp3) is 0.571. The molecule has 2 rings (SSSR count). The maximum Gasteiger partial charge on any atom is 0.143 e. The molecule has 1 aromatic carbocycles. The summed E-state index contributed by atoms with van der Waals surface area (Å²) >= 11 is 5.78. The molecule has 100 valence electrons. The lowest BCUT2D eigenvalue weighted by molar-refractivity contribution is 0.232. The number of halogens is 2. The van der Waals surface area contributed by atoms with E-state index in [9.17, 15) is 4.39 Å². The molecule has 3 N–H and O–H groups in total. The summed E-state index contributed by atoms with van der Waals surface area (Å²) in [4.78, 5) is 0. The van der Waals surface area contributed by atoms with Gasteiger partial charge < -0.3 is 11.1 Å². The molecule has 0 amide bonds. The van der Waals surface area contributed by atoms with Gasteiger partial charge in [0.2, 0.25) is 0 Å². The number of nitrogens with one attached hydrogen (secondary N) is 1. The smallest absolute Gasteiger partial charge is 0.143 e. The monoisotopic (exact) mass is 270 g/mol. The van der Waals surface area contributed by atoms with Gasteiger partial charge in [-0.05, 0) is 37.2 Å². The summed E-state index contributed by atoms with van der Waals surface area (Å²) in [7, 11) is 0. The molecule has 0 radical (unpaired) electrons. The van der Waals surface area contributed by atoms with Crippen LogP contribution >= 0.6 is 11.6 Å². The zero-order valence-corrected chi connectivity index (χ0v) is 11.6. The maximum absolute atomic E-state index is 13.2. The van der Waals surface area contributed by atoms with E-state index in [0.29, 0.717) is 17.1 Å². The van der Waals surface area contributed by atoms with Crippen LogP contribution in [0.1, 0.15) is 39.5 Å². The molecule has 1 fully saturated rings. The Morgan fingerprint density at radius 2 is 1.94 bits per heavy atom. The Balaban J connectivity index is 2.04. The van der Waals surface area contributed by atoms with Crippen molar-refractivity contribution in [1.82, 2.24) is 0 Å². The molecule has 0 atom stereocenters. The van der Waals surface area contributed by atoms with Gasteiger partial charge in [0.05, 0.1) is 16.4 Å². The fourth-order valence-electron chi connectivity index (χ4n) is 2.45. The summed E-state index contributed by atoms with van der Waals surface area (Å²) in [6.07, 6.45) is 4.61. The first-order valence-corrected chi connectivity index (χ1v) is 6.76. The van der Waals surface area contributed by atoms with E-state index in [0.717, 1.165) is 18.5 Å². The normalized spacial score (nSPS) is 19.8. The highest BCUT2D eigenvalue weighted by atomic mass is 35.5. The van der Waals surface area contributed by atoms with Crippen molar-refractivity contribution >= 4 is 23.0 Å². The quantitative estimate of drug-likeness (QED) is 0.780. The molecule has 0 aliphatic heterocycles. The summed E-state index contributed by atoms with van der Waals surface area (Å²) in [5, 5.41) is 3.49. The Morgan fingerprint density at radius 3 is 2.56 bits per heavy atom. The Bertz CT molecular complexity index is 436. The maximum atomic E-state index is 13.2. The summed E-state index contributed by atoms with van der Waals surface area (Å²) < 4.78 is 13.2. The minimum Gasteiger partial charge on any atom is -0.397 e. The van der Waals surface area contributed by atoms with Crippen molar-refractivity contribution in [2.24, 2.45) is 5.41 Å². The van der Waals surface area contributed by atoms with Crippen molar-refractivity contribution in [2.45, 2.75) is 45.6 Å². The summed E-state index contributed by atoms with van der Waals surface area (Å²) in [6.45, 7) is 4.60. The van der Waals surface area contributed by atoms with E-state index >= 15 is 0 Å². The van der Waals surface area contributed by atoms with E-state index in [2.05, 4.69) is 19.2 Å². The molecule has 1 aromatic rings. The highest BCUT2D eigenvalue weighted by molar-refractivity contribution is 6.31. The third-order valence-electron chi connectivity index (χ3n) is 3.79. The highest BCUT2D eigenvalue weighted by Gasteiger charge is 2.26. The number of anilines is 2. The van der Waals surface area contributed by atoms with Gasteiger partial charge in [0.25, 0.3) is 0 Å². The number of hydrogen-bond donors (Lipinski definition) is 2. The van der Waals surface area contributed by atoms with Gasteiger partial charge in [0, 0.05) is 12.1 Å². The molecule has 18 heavy (non-hydrogen) atoms. The van der Waals surface area contributed by atoms with Crippen molar-refractivity contribution in [3.05, 3.63) is 23.0 Å². The van der Waals surface area contributed by atoms with E-state index in [1.807, 2.05) is 0 Å². The largest absolute Gasteiger partial charge is 0.397 e. The molecule has 0 aromatic heterocycles. The molecule has 0 unspecified atom stereocenters. The fourth-order valence-corrected chi connectivity index (χ4v) is 2.61. The van der Waals surface area contributed by atoms with Crippen LogP contribution < -0.4 is 11.1 Å². The Morgan fingerprint density at radius 1 is 1.33 bits per heavy atom. The lowest BCUT2D eigenvalue weighted by atomic mass is 9.75. The summed E-state index contributed by atoms with van der Waals surface area (Å²) in [5.74, 6) is -0.468. The SMILES string of the molecule is CC1(C)CCC(Nc2cc(Cl)c(F)cc2N)CC1.